The fourth-order valence-electron chi connectivity index (χ4n) is 2.47. The van der Waals surface area contributed by atoms with Gasteiger partial charge in [-0.05, 0) is 55.0 Å². The Morgan fingerprint density at radius 2 is 1.67 bits per heavy atom. The zero-order valence-electron chi connectivity index (χ0n) is 13.1. The van der Waals surface area contributed by atoms with Crippen molar-refractivity contribution in [2.24, 2.45) is 0 Å². The molecular formula is C19H24FN. The lowest BCUT2D eigenvalue weighted by atomic mass is 9.98. The van der Waals surface area contributed by atoms with Crippen LogP contribution in [0.2, 0.25) is 0 Å². The zero-order valence-corrected chi connectivity index (χ0v) is 13.1. The average molecular weight is 285 g/mol. The summed E-state index contributed by atoms with van der Waals surface area (Å²) in [5.74, 6) is 0.466. The minimum atomic E-state index is -0.127. The first-order valence-electron chi connectivity index (χ1n) is 7.70. The molecule has 0 spiro atoms. The van der Waals surface area contributed by atoms with E-state index in [0.717, 1.165) is 17.7 Å². The maximum atomic E-state index is 13.6. The first kappa shape index (κ1) is 15.6. The van der Waals surface area contributed by atoms with Crippen molar-refractivity contribution < 1.29 is 4.39 Å². The predicted octanol–water partition coefficient (Wildman–Crippen LogP) is 5.38. The Morgan fingerprint density at radius 1 is 1.00 bits per heavy atom. The van der Waals surface area contributed by atoms with Crippen molar-refractivity contribution >= 4 is 5.69 Å². The topological polar surface area (TPSA) is 12.0 Å². The Balaban J connectivity index is 1.96. The highest BCUT2D eigenvalue weighted by atomic mass is 19.1. The van der Waals surface area contributed by atoms with Crippen LogP contribution in [0.1, 0.15) is 44.2 Å². The molecule has 2 unspecified atom stereocenters. The van der Waals surface area contributed by atoms with Crippen LogP contribution < -0.4 is 5.32 Å². The lowest BCUT2D eigenvalue weighted by Crippen LogP contribution is -2.18. The van der Waals surface area contributed by atoms with Crippen molar-refractivity contribution in [3.05, 3.63) is 65.5 Å². The molecule has 2 aromatic carbocycles. The summed E-state index contributed by atoms with van der Waals surface area (Å²) in [6, 6.07) is 15.7. The molecule has 0 radical (unpaired) electrons. The Hall–Kier alpha value is -1.83. The summed E-state index contributed by atoms with van der Waals surface area (Å²) in [7, 11) is 0. The van der Waals surface area contributed by atoms with Crippen LogP contribution in [0.3, 0.4) is 0 Å². The molecule has 0 saturated heterocycles. The summed E-state index contributed by atoms with van der Waals surface area (Å²) in [6.07, 6.45) is 1.83. The SMILES string of the molecule is CCC(C)c1ccc(NC(C)Cc2ccccc2F)cc1. The van der Waals surface area contributed by atoms with Gasteiger partial charge in [0.05, 0.1) is 0 Å². The highest BCUT2D eigenvalue weighted by molar-refractivity contribution is 5.46. The van der Waals surface area contributed by atoms with Crippen molar-refractivity contribution in [2.75, 3.05) is 5.32 Å². The van der Waals surface area contributed by atoms with Crippen LogP contribution in [-0.4, -0.2) is 6.04 Å². The summed E-state index contributed by atoms with van der Waals surface area (Å²) in [5, 5.41) is 3.44. The van der Waals surface area contributed by atoms with Gasteiger partial charge < -0.3 is 5.32 Å². The van der Waals surface area contributed by atoms with Crippen LogP contribution in [-0.2, 0) is 6.42 Å². The maximum absolute atomic E-state index is 13.6. The number of hydrogen-bond acceptors (Lipinski definition) is 1. The fraction of sp³-hybridized carbons (Fsp3) is 0.368. The van der Waals surface area contributed by atoms with Gasteiger partial charge in [-0.2, -0.15) is 0 Å². The summed E-state index contributed by atoms with van der Waals surface area (Å²) >= 11 is 0. The summed E-state index contributed by atoms with van der Waals surface area (Å²) in [5.41, 5.74) is 3.21. The minimum absolute atomic E-state index is 0.127. The quantitative estimate of drug-likeness (QED) is 0.751. The van der Waals surface area contributed by atoms with Crippen LogP contribution >= 0.6 is 0 Å². The molecule has 2 heteroatoms. The van der Waals surface area contributed by atoms with E-state index in [1.54, 1.807) is 6.07 Å². The van der Waals surface area contributed by atoms with Crippen LogP contribution in [0.5, 0.6) is 0 Å². The molecular weight excluding hydrogens is 261 g/mol. The molecule has 0 saturated carbocycles. The second kappa shape index (κ2) is 7.26. The second-order valence-electron chi connectivity index (χ2n) is 5.77. The third-order valence-electron chi connectivity index (χ3n) is 3.99. The van der Waals surface area contributed by atoms with Crippen LogP contribution in [0.15, 0.2) is 48.5 Å². The Bertz CT molecular complexity index is 562. The lowest BCUT2D eigenvalue weighted by molar-refractivity contribution is 0.601. The third-order valence-corrected chi connectivity index (χ3v) is 3.99. The highest BCUT2D eigenvalue weighted by Gasteiger charge is 2.08. The molecule has 1 nitrogen and oxygen atoms in total. The van der Waals surface area contributed by atoms with Gasteiger partial charge in [0.2, 0.25) is 0 Å². The fourth-order valence-corrected chi connectivity index (χ4v) is 2.47. The van der Waals surface area contributed by atoms with Crippen LogP contribution in [0, 0.1) is 5.82 Å². The molecule has 0 aliphatic carbocycles. The number of halogens is 1. The predicted molar refractivity (Wildman–Crippen MR) is 88.3 cm³/mol. The first-order chi connectivity index (χ1) is 10.1. The molecule has 0 heterocycles. The van der Waals surface area contributed by atoms with E-state index < -0.39 is 0 Å². The van der Waals surface area contributed by atoms with Gasteiger partial charge in [-0.15, -0.1) is 0 Å². The Morgan fingerprint density at radius 3 is 2.29 bits per heavy atom. The second-order valence-corrected chi connectivity index (χ2v) is 5.77. The molecule has 21 heavy (non-hydrogen) atoms. The van der Waals surface area contributed by atoms with Crippen molar-refractivity contribution in [2.45, 2.75) is 45.6 Å². The van der Waals surface area contributed by atoms with E-state index in [2.05, 4.69) is 50.4 Å². The maximum Gasteiger partial charge on any atom is 0.126 e. The van der Waals surface area contributed by atoms with E-state index in [0.29, 0.717) is 12.3 Å². The molecule has 0 amide bonds. The van der Waals surface area contributed by atoms with Gasteiger partial charge in [-0.1, -0.05) is 44.2 Å². The largest absolute Gasteiger partial charge is 0.382 e. The summed E-state index contributed by atoms with van der Waals surface area (Å²) in [4.78, 5) is 0. The van der Waals surface area contributed by atoms with Crippen LogP contribution in [0.4, 0.5) is 10.1 Å². The molecule has 2 atom stereocenters. The highest BCUT2D eigenvalue weighted by Crippen LogP contribution is 2.21. The lowest BCUT2D eigenvalue weighted by Gasteiger charge is -2.17. The van der Waals surface area contributed by atoms with Gasteiger partial charge in [0.1, 0.15) is 5.82 Å². The first-order valence-corrected chi connectivity index (χ1v) is 7.70. The summed E-state index contributed by atoms with van der Waals surface area (Å²) in [6.45, 7) is 6.52. The Kier molecular flexibility index (Phi) is 5.38. The van der Waals surface area contributed by atoms with Crippen molar-refractivity contribution in [3.63, 3.8) is 0 Å². The van der Waals surface area contributed by atoms with Crippen molar-refractivity contribution in [1.29, 1.82) is 0 Å². The molecule has 0 aliphatic rings. The molecule has 0 aliphatic heterocycles. The molecule has 0 bridgehead atoms. The number of nitrogens with one attached hydrogen (secondary N) is 1. The van der Waals surface area contributed by atoms with Gasteiger partial charge >= 0.3 is 0 Å². The smallest absolute Gasteiger partial charge is 0.126 e. The van der Waals surface area contributed by atoms with Crippen LogP contribution in [0.25, 0.3) is 0 Å². The van der Waals surface area contributed by atoms with Crippen molar-refractivity contribution in [3.8, 4) is 0 Å². The van der Waals surface area contributed by atoms with Gasteiger partial charge in [-0.3, -0.25) is 0 Å². The van der Waals surface area contributed by atoms with Gasteiger partial charge in [-0.25, -0.2) is 4.39 Å². The monoisotopic (exact) mass is 285 g/mol. The average Bonchev–Trinajstić information content (AvgIpc) is 2.49. The summed E-state index contributed by atoms with van der Waals surface area (Å²) < 4.78 is 13.6. The third kappa shape index (κ3) is 4.32. The number of hydrogen-bond donors (Lipinski definition) is 1. The van der Waals surface area contributed by atoms with Gasteiger partial charge in [0.25, 0.3) is 0 Å². The van der Waals surface area contributed by atoms with E-state index in [-0.39, 0.29) is 11.9 Å². The molecule has 112 valence electrons. The van der Waals surface area contributed by atoms with Crippen molar-refractivity contribution in [1.82, 2.24) is 0 Å². The van der Waals surface area contributed by atoms with E-state index >= 15 is 0 Å². The number of rotatable bonds is 6. The zero-order chi connectivity index (χ0) is 15.2. The molecule has 0 aromatic heterocycles. The molecule has 1 N–H and O–H groups in total. The van der Waals surface area contributed by atoms with Gasteiger partial charge in [0.15, 0.2) is 0 Å². The Labute approximate surface area is 127 Å². The minimum Gasteiger partial charge on any atom is -0.382 e. The number of anilines is 1. The molecule has 0 fully saturated rings. The normalized spacial score (nSPS) is 13.7. The van der Waals surface area contributed by atoms with E-state index in [1.807, 2.05) is 12.1 Å². The molecule has 2 rings (SSSR count). The molecule has 2 aromatic rings. The van der Waals surface area contributed by atoms with E-state index in [1.165, 1.54) is 11.6 Å². The van der Waals surface area contributed by atoms with E-state index in [4.69, 9.17) is 0 Å². The number of benzene rings is 2. The van der Waals surface area contributed by atoms with E-state index in [9.17, 15) is 4.39 Å². The van der Waals surface area contributed by atoms with Gasteiger partial charge in [0, 0.05) is 11.7 Å². The standard InChI is InChI=1S/C19H24FN/c1-4-14(2)16-9-11-18(12-10-16)21-15(3)13-17-7-5-6-8-19(17)20/h5-12,14-15,21H,4,13H2,1-3H3.